The Morgan fingerprint density at radius 2 is 1.50 bits per heavy atom. The molecule has 1 unspecified atom stereocenters. The van der Waals surface area contributed by atoms with Gasteiger partial charge in [0.2, 0.25) is 0 Å². The van der Waals surface area contributed by atoms with Gasteiger partial charge in [-0.05, 0) is 55.8 Å². The van der Waals surface area contributed by atoms with Crippen molar-refractivity contribution in [3.63, 3.8) is 0 Å². The van der Waals surface area contributed by atoms with Crippen LogP contribution in [0.1, 0.15) is 24.1 Å². The number of sulfonamides is 1. The molecule has 0 aliphatic heterocycles. The molecule has 3 aromatic carbocycles. The zero-order valence-electron chi connectivity index (χ0n) is 18.6. The summed E-state index contributed by atoms with van der Waals surface area (Å²) in [6, 6.07) is 15.1. The maximum Gasteiger partial charge on any atom is 0.265 e. The van der Waals surface area contributed by atoms with Crippen molar-refractivity contribution in [2.75, 3.05) is 25.6 Å². The van der Waals surface area contributed by atoms with Crippen molar-refractivity contribution in [3.8, 4) is 17.2 Å². The van der Waals surface area contributed by atoms with Gasteiger partial charge in [0.15, 0.2) is 11.5 Å². The van der Waals surface area contributed by atoms with Crippen LogP contribution in [0.4, 0.5) is 10.1 Å². The zero-order chi connectivity index (χ0) is 23.5. The van der Waals surface area contributed by atoms with Gasteiger partial charge in [0.25, 0.3) is 10.0 Å². The number of rotatable bonds is 8. The predicted octanol–water partition coefficient (Wildman–Crippen LogP) is 5.12. The second-order valence-electron chi connectivity index (χ2n) is 7.17. The maximum atomic E-state index is 13.9. The molecule has 8 heteroatoms. The number of anilines is 1. The third-order valence-corrected chi connectivity index (χ3v) is 7.30. The molecule has 0 bridgehead atoms. The van der Waals surface area contributed by atoms with Crippen LogP contribution >= 0.6 is 0 Å². The smallest absolute Gasteiger partial charge is 0.265 e. The van der Waals surface area contributed by atoms with Gasteiger partial charge in [0.1, 0.15) is 11.6 Å². The summed E-state index contributed by atoms with van der Waals surface area (Å²) in [6.45, 7) is 3.33. The molecule has 3 rings (SSSR count). The number of hydrogen-bond donors (Lipinski definition) is 0. The number of benzene rings is 3. The van der Waals surface area contributed by atoms with Gasteiger partial charge in [-0.25, -0.2) is 12.8 Å². The third kappa shape index (κ3) is 4.36. The molecule has 0 saturated carbocycles. The lowest BCUT2D eigenvalue weighted by atomic mass is 10.1. The van der Waals surface area contributed by atoms with Crippen molar-refractivity contribution >= 4 is 15.7 Å². The molecule has 0 aliphatic carbocycles. The Labute approximate surface area is 188 Å². The zero-order valence-corrected chi connectivity index (χ0v) is 19.4. The summed E-state index contributed by atoms with van der Waals surface area (Å²) in [6.07, 6.45) is 0. The highest BCUT2D eigenvalue weighted by molar-refractivity contribution is 7.92. The largest absolute Gasteiger partial charge is 0.496 e. The summed E-state index contributed by atoms with van der Waals surface area (Å²) < 4.78 is 59.0. The molecule has 0 fully saturated rings. The number of nitrogens with zero attached hydrogens (tertiary/aromatic N) is 1. The highest BCUT2D eigenvalue weighted by Crippen LogP contribution is 2.40. The number of halogens is 1. The van der Waals surface area contributed by atoms with Crippen molar-refractivity contribution < 1.29 is 27.0 Å². The van der Waals surface area contributed by atoms with E-state index in [0.29, 0.717) is 34.1 Å². The van der Waals surface area contributed by atoms with Crippen LogP contribution in [0.3, 0.4) is 0 Å². The van der Waals surface area contributed by atoms with Gasteiger partial charge in [0, 0.05) is 11.6 Å². The second-order valence-corrected chi connectivity index (χ2v) is 8.95. The molecule has 170 valence electrons. The van der Waals surface area contributed by atoms with Crippen LogP contribution in [0.15, 0.2) is 65.6 Å². The quantitative estimate of drug-likeness (QED) is 0.468. The molecular formula is C24H26FNO5S. The Bertz CT molecular complexity index is 1210. The van der Waals surface area contributed by atoms with Gasteiger partial charge in [0.05, 0.1) is 38.0 Å². The predicted molar refractivity (Wildman–Crippen MR) is 122 cm³/mol. The lowest BCUT2D eigenvalue weighted by Crippen LogP contribution is -2.34. The van der Waals surface area contributed by atoms with E-state index in [1.54, 1.807) is 38.1 Å². The van der Waals surface area contributed by atoms with Gasteiger partial charge in [-0.3, -0.25) is 4.31 Å². The molecule has 32 heavy (non-hydrogen) atoms. The van der Waals surface area contributed by atoms with Crippen molar-refractivity contribution in [2.45, 2.75) is 24.8 Å². The topological polar surface area (TPSA) is 65.1 Å². The lowest BCUT2D eigenvalue weighted by molar-refractivity contribution is 0.355. The minimum atomic E-state index is -4.10. The van der Waals surface area contributed by atoms with E-state index < -0.39 is 21.9 Å². The van der Waals surface area contributed by atoms with Crippen LogP contribution in [0, 0.1) is 12.7 Å². The first kappa shape index (κ1) is 23.4. The van der Waals surface area contributed by atoms with Gasteiger partial charge >= 0.3 is 0 Å². The van der Waals surface area contributed by atoms with E-state index in [-0.39, 0.29) is 4.90 Å². The minimum Gasteiger partial charge on any atom is -0.496 e. The third-order valence-electron chi connectivity index (χ3n) is 5.24. The van der Waals surface area contributed by atoms with Crippen LogP contribution in [0.2, 0.25) is 0 Å². The molecule has 1 atom stereocenters. The van der Waals surface area contributed by atoms with Crippen molar-refractivity contribution in [1.82, 2.24) is 0 Å². The summed E-state index contributed by atoms with van der Waals surface area (Å²) in [4.78, 5) is 0.00966. The minimum absolute atomic E-state index is 0.00966. The average Bonchev–Trinajstić information content (AvgIpc) is 2.78. The number of methoxy groups -OCH3 is 3. The first-order chi connectivity index (χ1) is 15.2. The van der Waals surface area contributed by atoms with E-state index in [9.17, 15) is 12.8 Å². The van der Waals surface area contributed by atoms with Crippen molar-refractivity contribution in [3.05, 3.63) is 77.6 Å². The summed E-state index contributed by atoms with van der Waals surface area (Å²) in [5, 5.41) is 0. The molecular weight excluding hydrogens is 433 g/mol. The molecule has 0 spiro atoms. The van der Waals surface area contributed by atoms with E-state index >= 15 is 0 Å². The average molecular weight is 460 g/mol. The van der Waals surface area contributed by atoms with E-state index in [0.717, 1.165) is 6.07 Å². The molecule has 0 N–H and O–H groups in total. The lowest BCUT2D eigenvalue weighted by Gasteiger charge is -2.32. The molecule has 3 aromatic rings. The summed E-state index contributed by atoms with van der Waals surface area (Å²) >= 11 is 0. The molecule has 0 aliphatic rings. The fourth-order valence-corrected chi connectivity index (χ4v) is 5.52. The van der Waals surface area contributed by atoms with E-state index in [4.69, 9.17) is 14.2 Å². The van der Waals surface area contributed by atoms with E-state index in [2.05, 4.69) is 0 Å². The Morgan fingerprint density at radius 3 is 2.12 bits per heavy atom. The standard InChI is InChI=1S/C24H26FNO5S/c1-16-14-18(25)10-13-24(16)32(27,28)26(17(2)20-8-6-7-9-21(20)29-3)19-11-12-22(30-4)23(15-19)31-5/h6-15,17H,1-5H3. The molecule has 0 heterocycles. The Kier molecular flexibility index (Phi) is 6.93. The number of aryl methyl sites for hydroxylation is 1. The Balaban J connectivity index is 2.26. The SMILES string of the molecule is COc1ccc(N(C(C)c2ccccc2OC)S(=O)(=O)c2ccc(F)cc2C)cc1OC. The highest BCUT2D eigenvalue weighted by Gasteiger charge is 2.33. The normalized spacial score (nSPS) is 12.2. The first-order valence-electron chi connectivity index (χ1n) is 9.90. The van der Waals surface area contributed by atoms with Crippen LogP contribution in [0.5, 0.6) is 17.2 Å². The summed E-state index contributed by atoms with van der Waals surface area (Å²) in [5.74, 6) is 0.901. The fourth-order valence-electron chi connectivity index (χ4n) is 3.68. The van der Waals surface area contributed by atoms with Crippen LogP contribution in [-0.4, -0.2) is 29.7 Å². The fraction of sp³-hybridized carbons (Fsp3) is 0.250. The first-order valence-corrected chi connectivity index (χ1v) is 11.3. The van der Waals surface area contributed by atoms with Crippen LogP contribution in [-0.2, 0) is 10.0 Å². The van der Waals surface area contributed by atoms with E-state index in [1.807, 2.05) is 18.2 Å². The van der Waals surface area contributed by atoms with Crippen LogP contribution in [0.25, 0.3) is 0 Å². The second kappa shape index (κ2) is 9.48. The number of para-hydroxylation sites is 1. The highest BCUT2D eigenvalue weighted by atomic mass is 32.2. The van der Waals surface area contributed by atoms with Crippen LogP contribution < -0.4 is 18.5 Å². The van der Waals surface area contributed by atoms with Gasteiger partial charge in [-0.15, -0.1) is 0 Å². The molecule has 0 amide bonds. The van der Waals surface area contributed by atoms with E-state index in [1.165, 1.54) is 37.8 Å². The summed E-state index contributed by atoms with van der Waals surface area (Å²) in [7, 11) is 0.415. The Hall–Kier alpha value is -3.26. The van der Waals surface area contributed by atoms with Crippen molar-refractivity contribution in [1.29, 1.82) is 0 Å². The molecule has 0 aromatic heterocycles. The molecule has 6 nitrogen and oxygen atoms in total. The molecule has 0 radical (unpaired) electrons. The Morgan fingerprint density at radius 1 is 0.844 bits per heavy atom. The summed E-state index contributed by atoms with van der Waals surface area (Å²) in [5.41, 5.74) is 1.35. The molecule has 0 saturated heterocycles. The van der Waals surface area contributed by atoms with Gasteiger partial charge in [-0.2, -0.15) is 0 Å². The number of ether oxygens (including phenoxy) is 3. The monoisotopic (exact) mass is 459 g/mol. The van der Waals surface area contributed by atoms with Gasteiger partial charge < -0.3 is 14.2 Å². The number of hydrogen-bond acceptors (Lipinski definition) is 5. The van der Waals surface area contributed by atoms with Gasteiger partial charge in [-0.1, -0.05) is 18.2 Å². The maximum absolute atomic E-state index is 13.9. The van der Waals surface area contributed by atoms with Crippen molar-refractivity contribution in [2.24, 2.45) is 0 Å².